The Morgan fingerprint density at radius 2 is 1.71 bits per heavy atom. The van der Waals surface area contributed by atoms with E-state index in [1.807, 2.05) is 19.1 Å². The summed E-state index contributed by atoms with van der Waals surface area (Å²) in [5.41, 5.74) is 4.33. The zero-order valence-corrected chi connectivity index (χ0v) is 13.3. The third-order valence-corrected chi connectivity index (χ3v) is 3.70. The quantitative estimate of drug-likeness (QED) is 0.857. The van der Waals surface area contributed by atoms with Crippen LogP contribution in [0.15, 0.2) is 36.4 Å². The highest BCUT2D eigenvalue weighted by molar-refractivity contribution is 6.31. The second kappa shape index (κ2) is 7.34. The summed E-state index contributed by atoms with van der Waals surface area (Å²) in [7, 11) is 3.34. The molecule has 0 saturated heterocycles. The maximum Gasteiger partial charge on any atom is 0.143 e. The summed E-state index contributed by atoms with van der Waals surface area (Å²) in [6, 6.07) is 12.2. The first-order chi connectivity index (χ1) is 10.1. The molecule has 0 saturated carbocycles. The lowest BCUT2D eigenvalue weighted by molar-refractivity contribution is 0.185. The first-order valence-corrected chi connectivity index (χ1v) is 7.16. The van der Waals surface area contributed by atoms with Crippen molar-refractivity contribution in [1.29, 1.82) is 0 Å². The molecule has 112 valence electrons. The molecule has 0 spiro atoms. The van der Waals surface area contributed by atoms with Gasteiger partial charge in [-0.3, -0.25) is 0 Å². The molecule has 2 aromatic carbocycles. The van der Waals surface area contributed by atoms with Crippen molar-refractivity contribution in [2.75, 3.05) is 19.5 Å². The molecule has 2 aromatic rings. The second-order valence-corrected chi connectivity index (χ2v) is 5.31. The van der Waals surface area contributed by atoms with E-state index in [1.165, 1.54) is 11.1 Å². The Labute approximate surface area is 130 Å². The van der Waals surface area contributed by atoms with Gasteiger partial charge in [0.05, 0.1) is 19.4 Å². The Hall–Kier alpha value is -1.71. The molecular formula is C17H20ClNO2. The molecule has 0 fully saturated rings. The van der Waals surface area contributed by atoms with Crippen molar-refractivity contribution in [3.05, 3.63) is 58.1 Å². The molecule has 0 aliphatic rings. The number of rotatable bonds is 6. The van der Waals surface area contributed by atoms with E-state index in [0.29, 0.717) is 11.6 Å². The number of nitrogens with one attached hydrogen (secondary N) is 1. The summed E-state index contributed by atoms with van der Waals surface area (Å²) in [6.07, 6.45) is 0. The lowest BCUT2D eigenvalue weighted by Crippen LogP contribution is -2.02. The molecule has 0 aromatic heterocycles. The highest BCUT2D eigenvalue weighted by atomic mass is 35.5. The average molecular weight is 306 g/mol. The summed E-state index contributed by atoms with van der Waals surface area (Å²) >= 11 is 6.11. The molecule has 0 radical (unpaired) electrons. The van der Waals surface area contributed by atoms with Crippen LogP contribution in [0.1, 0.15) is 16.7 Å². The molecule has 0 heterocycles. The van der Waals surface area contributed by atoms with Gasteiger partial charge in [0, 0.05) is 24.7 Å². The average Bonchev–Trinajstić information content (AvgIpc) is 2.49. The van der Waals surface area contributed by atoms with E-state index in [0.717, 1.165) is 23.5 Å². The molecule has 0 aliphatic heterocycles. The number of anilines is 1. The third-order valence-electron chi connectivity index (χ3n) is 3.30. The van der Waals surface area contributed by atoms with Crippen molar-refractivity contribution in [3.63, 3.8) is 0 Å². The molecule has 4 heteroatoms. The summed E-state index contributed by atoms with van der Waals surface area (Å²) in [6.45, 7) is 3.34. The van der Waals surface area contributed by atoms with E-state index in [9.17, 15) is 0 Å². The number of methoxy groups -OCH3 is 2. The molecule has 0 aliphatic carbocycles. The van der Waals surface area contributed by atoms with Crippen molar-refractivity contribution < 1.29 is 9.47 Å². The zero-order chi connectivity index (χ0) is 15.2. The van der Waals surface area contributed by atoms with Gasteiger partial charge in [-0.25, -0.2) is 0 Å². The SMILES string of the molecule is COCc1ccc(CNc2cc(C)c(Cl)cc2OC)cc1. The van der Waals surface area contributed by atoms with Gasteiger partial charge in [-0.2, -0.15) is 0 Å². The van der Waals surface area contributed by atoms with Gasteiger partial charge in [-0.1, -0.05) is 35.9 Å². The van der Waals surface area contributed by atoms with Crippen molar-refractivity contribution in [2.45, 2.75) is 20.1 Å². The summed E-state index contributed by atoms with van der Waals surface area (Å²) in [4.78, 5) is 0. The topological polar surface area (TPSA) is 30.5 Å². The Morgan fingerprint density at radius 3 is 2.33 bits per heavy atom. The van der Waals surface area contributed by atoms with Crippen molar-refractivity contribution in [2.24, 2.45) is 0 Å². The Bertz CT molecular complexity index is 596. The second-order valence-electron chi connectivity index (χ2n) is 4.90. The Balaban J connectivity index is 2.07. The van der Waals surface area contributed by atoms with Crippen LogP contribution in [0.5, 0.6) is 5.75 Å². The number of aryl methyl sites for hydroxylation is 1. The molecular weight excluding hydrogens is 286 g/mol. The molecule has 2 rings (SSSR count). The minimum absolute atomic E-state index is 0.637. The van der Waals surface area contributed by atoms with Gasteiger partial charge in [-0.05, 0) is 29.7 Å². The standard InChI is InChI=1S/C17H20ClNO2/c1-12-8-16(17(21-3)9-15(12)18)19-10-13-4-6-14(7-5-13)11-20-2/h4-9,19H,10-11H2,1-3H3. The molecule has 0 amide bonds. The van der Waals surface area contributed by atoms with Gasteiger partial charge in [-0.15, -0.1) is 0 Å². The summed E-state index contributed by atoms with van der Waals surface area (Å²) in [5.74, 6) is 0.751. The van der Waals surface area contributed by atoms with Crippen molar-refractivity contribution >= 4 is 17.3 Å². The highest BCUT2D eigenvalue weighted by Crippen LogP contribution is 2.31. The molecule has 0 bridgehead atoms. The van der Waals surface area contributed by atoms with Crippen LogP contribution in [-0.4, -0.2) is 14.2 Å². The maximum atomic E-state index is 6.11. The fraction of sp³-hybridized carbons (Fsp3) is 0.294. The van der Waals surface area contributed by atoms with Gasteiger partial charge >= 0.3 is 0 Å². The van der Waals surface area contributed by atoms with Crippen molar-refractivity contribution in [3.8, 4) is 5.75 Å². The Kier molecular flexibility index (Phi) is 5.48. The van der Waals surface area contributed by atoms with Crippen LogP contribution in [0, 0.1) is 6.92 Å². The van der Waals surface area contributed by atoms with E-state index < -0.39 is 0 Å². The fourth-order valence-corrected chi connectivity index (χ4v) is 2.24. The minimum Gasteiger partial charge on any atom is -0.495 e. The van der Waals surface area contributed by atoms with Gasteiger partial charge in [0.25, 0.3) is 0 Å². The van der Waals surface area contributed by atoms with Crippen LogP contribution in [0.25, 0.3) is 0 Å². The van der Waals surface area contributed by atoms with Gasteiger partial charge in [0.2, 0.25) is 0 Å². The number of hydrogen-bond acceptors (Lipinski definition) is 3. The van der Waals surface area contributed by atoms with Gasteiger partial charge in [0.1, 0.15) is 5.75 Å². The lowest BCUT2D eigenvalue weighted by Gasteiger charge is -2.13. The predicted octanol–water partition coefficient (Wildman–Crippen LogP) is 4.42. The predicted molar refractivity (Wildman–Crippen MR) is 87.2 cm³/mol. The van der Waals surface area contributed by atoms with Crippen LogP contribution in [0.4, 0.5) is 5.69 Å². The smallest absolute Gasteiger partial charge is 0.143 e. The van der Waals surface area contributed by atoms with E-state index in [-0.39, 0.29) is 0 Å². The summed E-state index contributed by atoms with van der Waals surface area (Å²) < 4.78 is 10.5. The third kappa shape index (κ3) is 4.13. The van der Waals surface area contributed by atoms with Crippen LogP contribution >= 0.6 is 11.6 Å². The molecule has 0 unspecified atom stereocenters. The Morgan fingerprint density at radius 1 is 1.05 bits per heavy atom. The normalized spacial score (nSPS) is 10.5. The zero-order valence-electron chi connectivity index (χ0n) is 12.6. The van der Waals surface area contributed by atoms with Gasteiger partial charge in [0.15, 0.2) is 0 Å². The van der Waals surface area contributed by atoms with Crippen LogP contribution in [-0.2, 0) is 17.9 Å². The highest BCUT2D eigenvalue weighted by Gasteiger charge is 2.06. The maximum absolute atomic E-state index is 6.11. The number of ether oxygens (including phenoxy) is 2. The largest absolute Gasteiger partial charge is 0.495 e. The van der Waals surface area contributed by atoms with E-state index in [4.69, 9.17) is 21.1 Å². The summed E-state index contributed by atoms with van der Waals surface area (Å²) in [5, 5.41) is 4.09. The van der Waals surface area contributed by atoms with E-state index >= 15 is 0 Å². The van der Waals surface area contributed by atoms with E-state index in [2.05, 4.69) is 29.6 Å². The van der Waals surface area contributed by atoms with E-state index in [1.54, 1.807) is 14.2 Å². The lowest BCUT2D eigenvalue weighted by atomic mass is 10.1. The van der Waals surface area contributed by atoms with Crippen LogP contribution in [0.3, 0.4) is 0 Å². The van der Waals surface area contributed by atoms with Gasteiger partial charge < -0.3 is 14.8 Å². The minimum atomic E-state index is 0.637. The first-order valence-electron chi connectivity index (χ1n) is 6.79. The van der Waals surface area contributed by atoms with Crippen LogP contribution in [0.2, 0.25) is 5.02 Å². The molecule has 21 heavy (non-hydrogen) atoms. The molecule has 1 N–H and O–H groups in total. The molecule has 3 nitrogen and oxygen atoms in total. The number of hydrogen-bond donors (Lipinski definition) is 1. The first kappa shape index (κ1) is 15.7. The van der Waals surface area contributed by atoms with Crippen molar-refractivity contribution in [1.82, 2.24) is 0 Å². The molecule has 0 atom stereocenters. The fourth-order valence-electron chi connectivity index (χ4n) is 2.09. The number of benzene rings is 2. The van der Waals surface area contributed by atoms with Crippen LogP contribution < -0.4 is 10.1 Å². The number of halogens is 1. The monoisotopic (exact) mass is 305 g/mol.